The van der Waals surface area contributed by atoms with Gasteiger partial charge in [0.15, 0.2) is 0 Å². The van der Waals surface area contributed by atoms with Gasteiger partial charge >= 0.3 is 0 Å². The predicted molar refractivity (Wildman–Crippen MR) is 120 cm³/mol. The summed E-state index contributed by atoms with van der Waals surface area (Å²) in [5.74, 6) is 0.454. The van der Waals surface area contributed by atoms with Gasteiger partial charge in [-0.25, -0.2) is 10.5 Å². The highest BCUT2D eigenvalue weighted by Crippen LogP contribution is 2.24. The first kappa shape index (κ1) is 20.6. The molecule has 0 atom stereocenters. The van der Waals surface area contributed by atoms with Crippen LogP contribution in [0.2, 0.25) is 0 Å². The summed E-state index contributed by atoms with van der Waals surface area (Å²) in [5.41, 5.74) is 5.56. The zero-order chi connectivity index (χ0) is 19.9. The highest BCUT2D eigenvalue weighted by molar-refractivity contribution is 9.10. The second-order valence-electron chi connectivity index (χ2n) is 5.71. The molecular weight excluding hydrogens is 508 g/mol. The lowest BCUT2D eigenvalue weighted by Gasteiger charge is -2.07. The number of hydrazone groups is 1. The van der Waals surface area contributed by atoms with Crippen molar-refractivity contribution in [2.24, 2.45) is 5.10 Å². The van der Waals surface area contributed by atoms with Crippen molar-refractivity contribution in [3.8, 4) is 0 Å². The number of nitrogens with zero attached hydrogens (tertiary/aromatic N) is 3. The van der Waals surface area contributed by atoms with Crippen LogP contribution in [0.4, 0.5) is 11.6 Å². The molecule has 0 aliphatic rings. The van der Waals surface area contributed by atoms with E-state index in [-0.39, 0.29) is 11.7 Å². The highest BCUT2D eigenvalue weighted by Gasteiger charge is 2.09. The quantitative estimate of drug-likeness (QED) is 0.234. The molecule has 0 saturated carbocycles. The van der Waals surface area contributed by atoms with Crippen molar-refractivity contribution in [1.29, 1.82) is 0 Å². The first-order chi connectivity index (χ1) is 13.5. The van der Waals surface area contributed by atoms with Crippen LogP contribution in [-0.4, -0.2) is 33.1 Å². The van der Waals surface area contributed by atoms with E-state index >= 15 is 0 Å². The number of aromatic nitrogens is 3. The monoisotopic (exact) mass is 522 g/mol. The number of nitrogens with one attached hydrogen (secondary N) is 3. The Morgan fingerprint density at radius 2 is 2.14 bits per heavy atom. The fraction of sp³-hybridized carbons (Fsp3) is 0.111. The zero-order valence-corrected chi connectivity index (χ0v) is 18.7. The van der Waals surface area contributed by atoms with E-state index in [1.54, 1.807) is 6.21 Å². The van der Waals surface area contributed by atoms with Crippen molar-refractivity contribution in [3.63, 3.8) is 0 Å². The molecule has 0 spiro atoms. The van der Waals surface area contributed by atoms with Crippen LogP contribution in [0.1, 0.15) is 11.1 Å². The minimum atomic E-state index is -0.137. The molecule has 1 amide bonds. The van der Waals surface area contributed by atoms with Crippen LogP contribution >= 0.6 is 43.6 Å². The number of benzene rings is 2. The van der Waals surface area contributed by atoms with Gasteiger partial charge in [0.1, 0.15) is 0 Å². The summed E-state index contributed by atoms with van der Waals surface area (Å²) in [6, 6.07) is 13.5. The molecule has 0 fully saturated rings. The summed E-state index contributed by atoms with van der Waals surface area (Å²) in [6.45, 7) is 1.99. The van der Waals surface area contributed by atoms with Gasteiger partial charge in [-0.2, -0.15) is 10.1 Å². The molecule has 0 radical (unpaired) electrons. The van der Waals surface area contributed by atoms with E-state index < -0.39 is 0 Å². The third-order valence-electron chi connectivity index (χ3n) is 3.43. The molecule has 0 aliphatic carbocycles. The van der Waals surface area contributed by atoms with E-state index in [0.29, 0.717) is 11.1 Å². The third-order valence-corrected chi connectivity index (χ3v) is 5.43. The number of hydrogen-bond donors (Lipinski definition) is 3. The summed E-state index contributed by atoms with van der Waals surface area (Å²) in [7, 11) is 0. The zero-order valence-electron chi connectivity index (χ0n) is 14.7. The molecule has 0 saturated heterocycles. The standard InChI is InChI=1S/C18H16Br2N6OS/c1-11-5-6-15(14(20)7-11)22-16(27)10-28-18-23-17(25-26-18)24-21-9-12-3-2-4-13(19)8-12/h2-9H,10H2,1H3,(H,22,27)(H2,23,24,25,26)/b21-9+. The molecule has 10 heteroatoms. The number of carbonyl (C=O) groups is 1. The minimum absolute atomic E-state index is 0.137. The Labute approximate surface area is 183 Å². The fourth-order valence-corrected chi connectivity index (χ4v) is 3.76. The normalized spacial score (nSPS) is 11.0. The van der Waals surface area contributed by atoms with E-state index in [1.165, 1.54) is 11.8 Å². The summed E-state index contributed by atoms with van der Waals surface area (Å²) in [4.78, 5) is 16.4. The van der Waals surface area contributed by atoms with Crippen molar-refractivity contribution in [2.45, 2.75) is 12.1 Å². The van der Waals surface area contributed by atoms with E-state index in [1.807, 2.05) is 49.4 Å². The van der Waals surface area contributed by atoms with E-state index in [0.717, 1.165) is 25.8 Å². The van der Waals surface area contributed by atoms with Crippen LogP contribution in [0.5, 0.6) is 0 Å². The van der Waals surface area contributed by atoms with Crippen molar-refractivity contribution >= 4 is 67.4 Å². The van der Waals surface area contributed by atoms with Gasteiger partial charge in [0.25, 0.3) is 0 Å². The lowest BCUT2D eigenvalue weighted by Crippen LogP contribution is -2.14. The number of H-pyrrole nitrogens is 1. The largest absolute Gasteiger partial charge is 0.324 e. The van der Waals surface area contributed by atoms with Gasteiger partial charge in [-0.15, -0.1) is 5.10 Å². The van der Waals surface area contributed by atoms with Gasteiger partial charge in [-0.1, -0.05) is 45.9 Å². The van der Waals surface area contributed by atoms with Crippen LogP contribution in [0.15, 0.2) is 61.7 Å². The summed E-state index contributed by atoms with van der Waals surface area (Å²) >= 11 is 8.09. The Morgan fingerprint density at radius 3 is 2.93 bits per heavy atom. The number of amides is 1. The highest BCUT2D eigenvalue weighted by atomic mass is 79.9. The lowest BCUT2D eigenvalue weighted by atomic mass is 10.2. The Hall–Kier alpha value is -2.17. The number of aryl methyl sites for hydroxylation is 1. The molecule has 3 N–H and O–H groups in total. The van der Waals surface area contributed by atoms with Gasteiger partial charge in [0.2, 0.25) is 17.0 Å². The smallest absolute Gasteiger partial charge is 0.240 e. The van der Waals surface area contributed by atoms with E-state index in [9.17, 15) is 4.79 Å². The second kappa shape index (κ2) is 9.85. The second-order valence-corrected chi connectivity index (χ2v) is 8.42. The topological polar surface area (TPSA) is 95.1 Å². The van der Waals surface area contributed by atoms with Gasteiger partial charge < -0.3 is 5.32 Å². The van der Waals surface area contributed by atoms with Crippen molar-refractivity contribution in [2.75, 3.05) is 16.5 Å². The first-order valence-corrected chi connectivity index (χ1v) is 10.7. The van der Waals surface area contributed by atoms with Crippen LogP contribution in [0, 0.1) is 6.92 Å². The van der Waals surface area contributed by atoms with Crippen LogP contribution in [-0.2, 0) is 4.79 Å². The SMILES string of the molecule is Cc1ccc(NC(=O)CSc2n[nH]c(N/N=C/c3cccc(Br)c3)n2)c(Br)c1. The maximum absolute atomic E-state index is 12.1. The average molecular weight is 524 g/mol. The van der Waals surface area contributed by atoms with E-state index in [4.69, 9.17) is 0 Å². The predicted octanol–water partition coefficient (Wildman–Crippen LogP) is 4.81. The molecule has 7 nitrogen and oxygen atoms in total. The third kappa shape index (κ3) is 6.18. The number of hydrogen-bond acceptors (Lipinski definition) is 6. The molecule has 0 unspecified atom stereocenters. The Balaban J connectivity index is 1.48. The molecule has 1 heterocycles. The molecule has 2 aromatic carbocycles. The van der Waals surface area contributed by atoms with Gasteiger partial charge in [-0.05, 0) is 58.2 Å². The minimum Gasteiger partial charge on any atom is -0.324 e. The van der Waals surface area contributed by atoms with E-state index in [2.05, 4.69) is 62.9 Å². The Morgan fingerprint density at radius 1 is 1.29 bits per heavy atom. The molecular formula is C18H16Br2N6OS. The van der Waals surface area contributed by atoms with Crippen molar-refractivity contribution in [3.05, 3.63) is 62.5 Å². The van der Waals surface area contributed by atoms with Gasteiger partial charge in [0, 0.05) is 8.95 Å². The molecule has 0 bridgehead atoms. The number of aromatic amines is 1. The number of halogens is 2. The number of thioether (sulfide) groups is 1. The molecule has 28 heavy (non-hydrogen) atoms. The number of anilines is 2. The average Bonchev–Trinajstić information content (AvgIpc) is 3.10. The molecule has 3 aromatic rings. The van der Waals surface area contributed by atoms with Crippen LogP contribution in [0.3, 0.4) is 0 Å². The molecule has 3 rings (SSSR count). The van der Waals surface area contributed by atoms with Gasteiger partial charge in [0.05, 0.1) is 17.7 Å². The maximum Gasteiger partial charge on any atom is 0.240 e. The lowest BCUT2D eigenvalue weighted by molar-refractivity contribution is -0.113. The molecule has 1 aromatic heterocycles. The Bertz CT molecular complexity index is 1010. The maximum atomic E-state index is 12.1. The summed E-state index contributed by atoms with van der Waals surface area (Å²) in [5, 5.41) is 14.2. The molecule has 0 aliphatic heterocycles. The summed E-state index contributed by atoms with van der Waals surface area (Å²) < 4.78 is 1.82. The Kier molecular flexibility index (Phi) is 7.24. The van der Waals surface area contributed by atoms with Crippen molar-refractivity contribution in [1.82, 2.24) is 15.2 Å². The van der Waals surface area contributed by atoms with Crippen LogP contribution < -0.4 is 10.7 Å². The number of carbonyl (C=O) groups excluding carboxylic acids is 1. The fourth-order valence-electron chi connectivity index (χ4n) is 2.15. The van der Waals surface area contributed by atoms with Crippen LogP contribution in [0.25, 0.3) is 0 Å². The van der Waals surface area contributed by atoms with Crippen molar-refractivity contribution < 1.29 is 4.79 Å². The first-order valence-electron chi connectivity index (χ1n) is 8.15. The summed E-state index contributed by atoms with van der Waals surface area (Å²) in [6.07, 6.45) is 1.67. The van der Waals surface area contributed by atoms with Gasteiger partial charge in [-0.3, -0.25) is 4.79 Å². The molecule has 144 valence electrons. The number of rotatable bonds is 7.